The lowest BCUT2D eigenvalue weighted by Gasteiger charge is -2.08. The van der Waals surface area contributed by atoms with Crippen LogP contribution in [0.15, 0.2) is 24.3 Å². The third-order valence-corrected chi connectivity index (χ3v) is 1.97. The Morgan fingerprint density at radius 3 is 2.50 bits per heavy atom. The summed E-state index contributed by atoms with van der Waals surface area (Å²) in [6, 6.07) is 6.08. The van der Waals surface area contributed by atoms with Gasteiger partial charge in [-0.05, 0) is 17.7 Å². The molecular weight excluding hydrogens is 215 g/mol. The molecular formula is C9H5ClF3N. The molecule has 0 N–H and O–H groups in total. The summed E-state index contributed by atoms with van der Waals surface area (Å²) in [6.07, 6.45) is -4.40. The Labute approximate surface area is 83.7 Å². The summed E-state index contributed by atoms with van der Waals surface area (Å²) in [7, 11) is 0. The highest BCUT2D eigenvalue weighted by Gasteiger charge is 2.30. The molecule has 74 valence electrons. The highest BCUT2D eigenvalue weighted by Crippen LogP contribution is 2.31. The fourth-order valence-electron chi connectivity index (χ4n) is 0.947. The Hall–Kier alpha value is -1.21. The van der Waals surface area contributed by atoms with Gasteiger partial charge in [-0.2, -0.15) is 18.4 Å². The van der Waals surface area contributed by atoms with Crippen LogP contribution in [0.1, 0.15) is 16.5 Å². The van der Waals surface area contributed by atoms with Gasteiger partial charge in [-0.1, -0.05) is 12.1 Å². The van der Waals surface area contributed by atoms with Crippen molar-refractivity contribution in [2.24, 2.45) is 0 Å². The van der Waals surface area contributed by atoms with Crippen molar-refractivity contribution < 1.29 is 13.2 Å². The third kappa shape index (κ3) is 2.39. The number of halogens is 4. The molecule has 0 saturated heterocycles. The molecule has 0 amide bonds. The third-order valence-electron chi connectivity index (χ3n) is 1.62. The van der Waals surface area contributed by atoms with Crippen LogP contribution in [-0.2, 0) is 6.18 Å². The van der Waals surface area contributed by atoms with E-state index in [0.29, 0.717) is 0 Å². The first-order chi connectivity index (χ1) is 6.45. The molecule has 0 bridgehead atoms. The standard InChI is InChI=1S/C9H5ClF3N/c10-8(5-14)6-2-1-3-7(4-6)9(11,12)13/h1-4,8H. The van der Waals surface area contributed by atoms with E-state index in [0.717, 1.165) is 12.1 Å². The second-order valence-corrected chi connectivity index (χ2v) is 3.05. The Morgan fingerprint density at radius 2 is 2.00 bits per heavy atom. The van der Waals surface area contributed by atoms with Crippen molar-refractivity contribution in [1.29, 1.82) is 5.26 Å². The number of nitrogens with zero attached hydrogens (tertiary/aromatic N) is 1. The molecule has 0 aliphatic rings. The van der Waals surface area contributed by atoms with Crippen molar-refractivity contribution in [2.45, 2.75) is 11.6 Å². The van der Waals surface area contributed by atoms with Crippen molar-refractivity contribution in [1.82, 2.24) is 0 Å². The van der Waals surface area contributed by atoms with Crippen molar-refractivity contribution in [3.8, 4) is 6.07 Å². The number of nitriles is 1. The molecule has 1 nitrogen and oxygen atoms in total. The molecule has 1 aromatic carbocycles. The van der Waals surface area contributed by atoms with Gasteiger partial charge in [0, 0.05) is 0 Å². The molecule has 0 heterocycles. The van der Waals surface area contributed by atoms with E-state index in [1.165, 1.54) is 12.1 Å². The zero-order chi connectivity index (χ0) is 10.8. The Morgan fingerprint density at radius 1 is 1.36 bits per heavy atom. The normalized spacial score (nSPS) is 13.4. The van der Waals surface area contributed by atoms with Crippen LogP contribution in [0.25, 0.3) is 0 Å². The summed E-state index contributed by atoms with van der Waals surface area (Å²) in [5, 5.41) is 7.37. The van der Waals surface area contributed by atoms with Crippen LogP contribution in [0.5, 0.6) is 0 Å². The highest BCUT2D eigenvalue weighted by molar-refractivity contribution is 6.22. The molecule has 1 rings (SSSR count). The van der Waals surface area contributed by atoms with Crippen LogP contribution in [0.2, 0.25) is 0 Å². The van der Waals surface area contributed by atoms with Crippen molar-refractivity contribution in [3.05, 3.63) is 35.4 Å². The summed E-state index contributed by atoms with van der Waals surface area (Å²) < 4.78 is 36.6. The van der Waals surface area contributed by atoms with Gasteiger partial charge in [-0.3, -0.25) is 0 Å². The minimum atomic E-state index is -4.40. The predicted molar refractivity (Wildman–Crippen MR) is 45.7 cm³/mol. The van der Waals surface area contributed by atoms with Gasteiger partial charge >= 0.3 is 6.18 Å². The summed E-state index contributed by atoms with van der Waals surface area (Å²) in [4.78, 5) is 0. The maximum absolute atomic E-state index is 12.2. The smallest absolute Gasteiger partial charge is 0.196 e. The van der Waals surface area contributed by atoms with Gasteiger partial charge in [0.1, 0.15) is 5.38 Å². The summed E-state index contributed by atoms with van der Waals surface area (Å²) in [5.74, 6) is 0. The highest BCUT2D eigenvalue weighted by atomic mass is 35.5. The van der Waals surface area contributed by atoms with Crippen molar-refractivity contribution >= 4 is 11.6 Å². The van der Waals surface area contributed by atoms with Crippen LogP contribution in [0, 0.1) is 11.3 Å². The van der Waals surface area contributed by atoms with Crippen LogP contribution in [0.3, 0.4) is 0 Å². The minimum absolute atomic E-state index is 0.156. The molecule has 0 aliphatic heterocycles. The number of hydrogen-bond acceptors (Lipinski definition) is 1. The van der Waals surface area contributed by atoms with Crippen LogP contribution in [-0.4, -0.2) is 0 Å². The topological polar surface area (TPSA) is 23.8 Å². The molecule has 1 unspecified atom stereocenters. The number of alkyl halides is 4. The van der Waals surface area contributed by atoms with Gasteiger partial charge in [0.25, 0.3) is 0 Å². The van der Waals surface area contributed by atoms with Gasteiger partial charge < -0.3 is 0 Å². The summed E-state index contributed by atoms with van der Waals surface area (Å²) >= 11 is 5.48. The lowest BCUT2D eigenvalue weighted by atomic mass is 10.1. The molecule has 1 atom stereocenters. The molecule has 0 radical (unpaired) electrons. The van der Waals surface area contributed by atoms with Crippen molar-refractivity contribution in [2.75, 3.05) is 0 Å². The Balaban J connectivity index is 3.09. The fraction of sp³-hybridized carbons (Fsp3) is 0.222. The van der Waals surface area contributed by atoms with Gasteiger partial charge in [0.15, 0.2) is 0 Å². The van der Waals surface area contributed by atoms with E-state index in [4.69, 9.17) is 16.9 Å². The molecule has 14 heavy (non-hydrogen) atoms. The Bertz CT molecular complexity index is 367. The van der Waals surface area contributed by atoms with Gasteiger partial charge in [-0.25, -0.2) is 0 Å². The predicted octanol–water partition coefficient (Wildman–Crippen LogP) is 3.51. The zero-order valence-corrected chi connectivity index (χ0v) is 7.60. The average Bonchev–Trinajstić information content (AvgIpc) is 2.15. The Kier molecular flexibility index (Phi) is 3.02. The maximum Gasteiger partial charge on any atom is 0.416 e. The van der Waals surface area contributed by atoms with E-state index >= 15 is 0 Å². The first-order valence-electron chi connectivity index (χ1n) is 3.66. The first kappa shape index (κ1) is 10.9. The van der Waals surface area contributed by atoms with Crippen molar-refractivity contribution in [3.63, 3.8) is 0 Å². The van der Waals surface area contributed by atoms with E-state index < -0.39 is 17.1 Å². The summed E-state index contributed by atoms with van der Waals surface area (Å²) in [6.45, 7) is 0. The fourth-order valence-corrected chi connectivity index (χ4v) is 1.08. The summed E-state index contributed by atoms with van der Waals surface area (Å²) in [5.41, 5.74) is -0.639. The van der Waals surface area contributed by atoms with E-state index in [2.05, 4.69) is 0 Å². The molecule has 0 aliphatic carbocycles. The second kappa shape index (κ2) is 3.89. The lowest BCUT2D eigenvalue weighted by molar-refractivity contribution is -0.137. The maximum atomic E-state index is 12.2. The molecule has 0 fully saturated rings. The van der Waals surface area contributed by atoms with Crippen LogP contribution in [0.4, 0.5) is 13.2 Å². The first-order valence-corrected chi connectivity index (χ1v) is 4.09. The second-order valence-electron chi connectivity index (χ2n) is 2.61. The molecule has 1 aromatic rings. The quantitative estimate of drug-likeness (QED) is 0.663. The zero-order valence-electron chi connectivity index (χ0n) is 6.85. The number of hydrogen-bond donors (Lipinski definition) is 0. The molecule has 0 spiro atoms. The molecule has 0 aromatic heterocycles. The number of rotatable bonds is 1. The minimum Gasteiger partial charge on any atom is -0.196 e. The van der Waals surface area contributed by atoms with E-state index in [1.54, 1.807) is 6.07 Å². The SMILES string of the molecule is N#CC(Cl)c1cccc(C(F)(F)F)c1. The van der Waals surface area contributed by atoms with E-state index in [1.807, 2.05) is 0 Å². The van der Waals surface area contributed by atoms with Crippen LogP contribution >= 0.6 is 11.6 Å². The van der Waals surface area contributed by atoms with E-state index in [9.17, 15) is 13.2 Å². The lowest BCUT2D eigenvalue weighted by Crippen LogP contribution is -2.05. The van der Waals surface area contributed by atoms with Gasteiger partial charge in [0.2, 0.25) is 0 Å². The largest absolute Gasteiger partial charge is 0.416 e. The van der Waals surface area contributed by atoms with Gasteiger partial charge in [-0.15, -0.1) is 11.6 Å². The monoisotopic (exact) mass is 219 g/mol. The van der Waals surface area contributed by atoms with Crippen LogP contribution < -0.4 is 0 Å². The number of benzene rings is 1. The molecule has 0 saturated carbocycles. The molecule has 5 heteroatoms. The van der Waals surface area contributed by atoms with Gasteiger partial charge in [0.05, 0.1) is 11.6 Å². The van der Waals surface area contributed by atoms with E-state index in [-0.39, 0.29) is 5.56 Å². The average molecular weight is 220 g/mol.